The van der Waals surface area contributed by atoms with Crippen LogP contribution in [0.4, 0.5) is 0 Å². The van der Waals surface area contributed by atoms with Gasteiger partial charge in [-0.25, -0.2) is 5.48 Å². The molecule has 6 N–H and O–H groups in total. The molecule has 1 atom stereocenters. The monoisotopic (exact) mass is 395 g/mol. The Morgan fingerprint density at radius 1 is 1.00 bits per heavy atom. The summed E-state index contributed by atoms with van der Waals surface area (Å²) >= 11 is 0. The van der Waals surface area contributed by atoms with E-state index in [2.05, 4.69) is 30.3 Å². The van der Waals surface area contributed by atoms with Crippen LogP contribution in [-0.4, -0.2) is 33.7 Å². The number of carbonyl (C=O) groups is 2. The standard InChI is InChI=1S/C20H21N3O4.C2H4/c1-20(2,21)17(19(26)23-27)22-18(25)15-9-5-13(6-10-15)3-4-14-7-11-16(24)12-8-14;1-2/h5-12,17,24,27H,21H2,1-2H3,(H,22,25)(H,23,26);1-2H2. The lowest BCUT2D eigenvalue weighted by molar-refractivity contribution is -0.132. The first-order valence-electron chi connectivity index (χ1n) is 8.65. The van der Waals surface area contributed by atoms with Gasteiger partial charge in [0.1, 0.15) is 11.8 Å². The van der Waals surface area contributed by atoms with Gasteiger partial charge in [0.15, 0.2) is 0 Å². The number of hydrogen-bond donors (Lipinski definition) is 5. The number of hydroxylamine groups is 1. The average Bonchev–Trinajstić information content (AvgIpc) is 2.72. The maximum Gasteiger partial charge on any atom is 0.267 e. The van der Waals surface area contributed by atoms with Gasteiger partial charge in [-0.15, -0.1) is 13.2 Å². The molecule has 0 aliphatic heterocycles. The zero-order valence-electron chi connectivity index (χ0n) is 16.4. The maximum absolute atomic E-state index is 12.4. The van der Waals surface area contributed by atoms with Gasteiger partial charge in [-0.05, 0) is 62.4 Å². The van der Waals surface area contributed by atoms with Gasteiger partial charge in [-0.3, -0.25) is 14.8 Å². The van der Waals surface area contributed by atoms with Crippen molar-refractivity contribution in [2.24, 2.45) is 5.73 Å². The summed E-state index contributed by atoms with van der Waals surface area (Å²) in [5.74, 6) is 4.78. The van der Waals surface area contributed by atoms with E-state index < -0.39 is 23.4 Å². The maximum atomic E-state index is 12.4. The van der Waals surface area contributed by atoms with E-state index in [0.29, 0.717) is 11.1 Å². The Morgan fingerprint density at radius 3 is 1.86 bits per heavy atom. The summed E-state index contributed by atoms with van der Waals surface area (Å²) in [6, 6.07) is 11.9. The topological polar surface area (TPSA) is 125 Å². The van der Waals surface area contributed by atoms with Crippen LogP contribution in [0, 0.1) is 11.8 Å². The van der Waals surface area contributed by atoms with Crippen LogP contribution in [0.2, 0.25) is 0 Å². The van der Waals surface area contributed by atoms with Gasteiger partial charge in [0.25, 0.3) is 11.8 Å². The first kappa shape index (κ1) is 23.4. The number of phenolic OH excluding ortho intramolecular Hbond substituents is 1. The number of amides is 2. The van der Waals surface area contributed by atoms with Crippen molar-refractivity contribution in [3.05, 3.63) is 78.4 Å². The van der Waals surface area contributed by atoms with Crippen LogP contribution < -0.4 is 16.5 Å². The number of benzene rings is 2. The zero-order valence-corrected chi connectivity index (χ0v) is 16.4. The van der Waals surface area contributed by atoms with E-state index in [4.69, 9.17) is 10.9 Å². The van der Waals surface area contributed by atoms with Crippen molar-refractivity contribution in [1.82, 2.24) is 10.8 Å². The molecule has 0 radical (unpaired) electrons. The molecular formula is C22H25N3O4. The van der Waals surface area contributed by atoms with Crippen LogP contribution in [0.3, 0.4) is 0 Å². The van der Waals surface area contributed by atoms with Gasteiger partial charge in [0.2, 0.25) is 0 Å². The van der Waals surface area contributed by atoms with Gasteiger partial charge in [0.05, 0.1) is 0 Å². The Hall–Kier alpha value is -3.60. The number of phenols is 1. The molecule has 0 bridgehead atoms. The van der Waals surface area contributed by atoms with Crippen LogP contribution in [0.1, 0.15) is 35.3 Å². The van der Waals surface area contributed by atoms with E-state index in [1.165, 1.54) is 5.48 Å². The van der Waals surface area contributed by atoms with Crippen LogP contribution >= 0.6 is 0 Å². The molecule has 0 aliphatic rings. The third kappa shape index (κ3) is 7.14. The molecule has 2 amide bonds. The summed E-state index contributed by atoms with van der Waals surface area (Å²) in [5.41, 5.74) is 8.09. The fraction of sp³-hybridized carbons (Fsp3) is 0.182. The van der Waals surface area contributed by atoms with Crippen LogP contribution in [0.5, 0.6) is 5.75 Å². The minimum atomic E-state index is -1.11. The minimum Gasteiger partial charge on any atom is -0.508 e. The first-order valence-corrected chi connectivity index (χ1v) is 8.65. The van der Waals surface area contributed by atoms with Crippen molar-refractivity contribution in [1.29, 1.82) is 0 Å². The smallest absolute Gasteiger partial charge is 0.267 e. The minimum absolute atomic E-state index is 0.171. The summed E-state index contributed by atoms with van der Waals surface area (Å²) < 4.78 is 0. The summed E-state index contributed by atoms with van der Waals surface area (Å²) in [6.07, 6.45) is 0. The predicted octanol–water partition coefficient (Wildman–Crippen LogP) is 1.94. The molecule has 7 nitrogen and oxygen atoms in total. The third-order valence-corrected chi connectivity index (χ3v) is 3.76. The molecule has 1 unspecified atom stereocenters. The molecule has 0 heterocycles. The van der Waals surface area contributed by atoms with Crippen molar-refractivity contribution in [2.75, 3.05) is 0 Å². The molecule has 29 heavy (non-hydrogen) atoms. The first-order chi connectivity index (χ1) is 13.7. The molecule has 2 aromatic rings. The van der Waals surface area contributed by atoms with Crippen molar-refractivity contribution in [2.45, 2.75) is 25.4 Å². The summed E-state index contributed by atoms with van der Waals surface area (Å²) in [5, 5.41) is 20.6. The zero-order chi connectivity index (χ0) is 22.0. The lowest BCUT2D eigenvalue weighted by atomic mass is 9.95. The Bertz CT molecular complexity index is 889. The van der Waals surface area contributed by atoms with Gasteiger partial charge in [0, 0.05) is 22.2 Å². The van der Waals surface area contributed by atoms with Gasteiger partial charge < -0.3 is 16.2 Å². The molecule has 2 aromatic carbocycles. The Labute approximate surface area is 170 Å². The second kappa shape index (κ2) is 10.7. The number of hydrogen-bond acceptors (Lipinski definition) is 5. The van der Waals surface area contributed by atoms with Crippen molar-refractivity contribution in [3.63, 3.8) is 0 Å². The lowest BCUT2D eigenvalue weighted by Gasteiger charge is -2.29. The predicted molar refractivity (Wildman–Crippen MR) is 111 cm³/mol. The molecule has 0 fully saturated rings. The van der Waals surface area contributed by atoms with E-state index in [9.17, 15) is 14.7 Å². The molecule has 0 saturated carbocycles. The van der Waals surface area contributed by atoms with E-state index in [1.807, 2.05) is 0 Å². The molecule has 7 heteroatoms. The molecule has 0 spiro atoms. The normalized spacial score (nSPS) is 11.0. The number of nitrogens with two attached hydrogens (primary N) is 1. The second-order valence-electron chi connectivity index (χ2n) is 6.58. The van der Waals surface area contributed by atoms with Crippen LogP contribution in [0.25, 0.3) is 0 Å². The second-order valence-corrected chi connectivity index (χ2v) is 6.58. The summed E-state index contributed by atoms with van der Waals surface area (Å²) in [7, 11) is 0. The Morgan fingerprint density at radius 2 is 1.45 bits per heavy atom. The molecule has 0 aromatic heterocycles. The summed E-state index contributed by atoms with van der Waals surface area (Å²) in [6.45, 7) is 9.13. The molecular weight excluding hydrogens is 370 g/mol. The number of rotatable bonds is 4. The molecule has 2 rings (SSSR count). The summed E-state index contributed by atoms with van der Waals surface area (Å²) in [4.78, 5) is 24.1. The van der Waals surface area contributed by atoms with Crippen molar-refractivity contribution in [3.8, 4) is 17.6 Å². The van der Waals surface area contributed by atoms with Gasteiger partial charge >= 0.3 is 0 Å². The molecule has 0 aliphatic carbocycles. The number of aromatic hydroxyl groups is 1. The molecule has 0 saturated heterocycles. The highest BCUT2D eigenvalue weighted by Crippen LogP contribution is 2.10. The van der Waals surface area contributed by atoms with Crippen LogP contribution in [0.15, 0.2) is 61.7 Å². The number of nitrogens with one attached hydrogen (secondary N) is 2. The van der Waals surface area contributed by atoms with Gasteiger partial charge in [-0.1, -0.05) is 11.8 Å². The van der Waals surface area contributed by atoms with Gasteiger partial charge in [-0.2, -0.15) is 0 Å². The van der Waals surface area contributed by atoms with E-state index in [-0.39, 0.29) is 5.75 Å². The SMILES string of the molecule is C=C.CC(C)(N)C(NC(=O)c1ccc(C#Cc2ccc(O)cc2)cc1)C(=O)NO. The quantitative estimate of drug-likeness (QED) is 0.234. The van der Waals surface area contributed by atoms with E-state index in [0.717, 1.165) is 5.56 Å². The average molecular weight is 395 g/mol. The number of carbonyl (C=O) groups excluding carboxylic acids is 2. The molecule has 152 valence electrons. The van der Waals surface area contributed by atoms with Crippen molar-refractivity contribution < 1.29 is 19.9 Å². The Balaban J connectivity index is 0.00000204. The Kier molecular flexibility index (Phi) is 8.62. The highest BCUT2D eigenvalue weighted by Gasteiger charge is 2.33. The fourth-order valence-corrected chi connectivity index (χ4v) is 2.26. The van der Waals surface area contributed by atoms with Crippen molar-refractivity contribution >= 4 is 11.8 Å². The van der Waals surface area contributed by atoms with Crippen LogP contribution in [-0.2, 0) is 4.79 Å². The highest BCUT2D eigenvalue weighted by atomic mass is 16.5. The van der Waals surface area contributed by atoms with E-state index >= 15 is 0 Å². The largest absolute Gasteiger partial charge is 0.508 e. The van der Waals surface area contributed by atoms with E-state index in [1.54, 1.807) is 62.4 Å². The lowest BCUT2D eigenvalue weighted by Crippen LogP contribution is -2.61. The highest BCUT2D eigenvalue weighted by molar-refractivity contribution is 5.97. The fourth-order valence-electron chi connectivity index (χ4n) is 2.26. The third-order valence-electron chi connectivity index (χ3n) is 3.76.